The van der Waals surface area contributed by atoms with Crippen molar-refractivity contribution in [1.29, 1.82) is 0 Å². The fraction of sp³-hybridized carbons (Fsp3) is 0.243. The summed E-state index contributed by atoms with van der Waals surface area (Å²) in [5.41, 5.74) is -0.811. The van der Waals surface area contributed by atoms with E-state index in [2.05, 4.69) is 15.3 Å². The first-order valence-electron chi connectivity index (χ1n) is 16.0. The Kier molecular flexibility index (Phi) is 8.57. The summed E-state index contributed by atoms with van der Waals surface area (Å²) >= 11 is 6.18. The molecule has 0 bridgehead atoms. The summed E-state index contributed by atoms with van der Waals surface area (Å²) in [7, 11) is 0. The van der Waals surface area contributed by atoms with Crippen LogP contribution in [0.4, 0.5) is 22.0 Å². The third kappa shape index (κ3) is 6.26. The molecule has 0 spiro atoms. The van der Waals surface area contributed by atoms with Crippen molar-refractivity contribution >= 4 is 34.3 Å². The largest absolute Gasteiger partial charge is 0.489 e. The number of aliphatic hydroxyl groups is 1. The van der Waals surface area contributed by atoms with Crippen molar-refractivity contribution in [3.63, 3.8) is 0 Å². The van der Waals surface area contributed by atoms with Crippen LogP contribution < -0.4 is 20.5 Å². The highest BCUT2D eigenvalue weighted by Gasteiger charge is 2.47. The highest BCUT2D eigenvalue weighted by Crippen LogP contribution is 2.48. The van der Waals surface area contributed by atoms with Crippen LogP contribution in [0.15, 0.2) is 72.9 Å². The fourth-order valence-corrected chi connectivity index (χ4v) is 6.24. The molecule has 5 aromatic rings. The molecule has 52 heavy (non-hydrogen) atoms. The number of fused-ring (bicyclic) bond motifs is 2. The summed E-state index contributed by atoms with van der Waals surface area (Å²) in [6, 6.07) is 14.1. The normalized spacial score (nSPS) is 18.0. The van der Waals surface area contributed by atoms with E-state index in [1.54, 1.807) is 30.3 Å². The van der Waals surface area contributed by atoms with Crippen LogP contribution in [0.3, 0.4) is 0 Å². The number of aromatic nitrogens is 2. The number of nitrogens with two attached hydrogens (primary N) is 1. The van der Waals surface area contributed by atoms with Gasteiger partial charge >= 0.3 is 6.18 Å². The Morgan fingerprint density at radius 3 is 2.48 bits per heavy atom. The number of primary amides is 1. The lowest BCUT2D eigenvalue weighted by Gasteiger charge is -2.30. The molecule has 1 aliphatic carbocycles. The SMILES string of the molecule is C[C@]1(C(N)=O)COc2c1cc([C@@](O)(CNC(=O)c1cc(OC3CC3)c3ncc(Cl)cc3c1)c1ccccc1)nc2-c1cc(C(F)(F)F)c(F)cc1F. The number of amides is 2. The molecular weight excluding hydrogens is 711 g/mol. The topological polar surface area (TPSA) is 137 Å². The average Bonchev–Trinajstić information content (AvgIpc) is 3.85. The van der Waals surface area contributed by atoms with Crippen LogP contribution in [0.25, 0.3) is 22.2 Å². The Bertz CT molecular complexity index is 2270. The number of carbonyl (C=O) groups is 2. The predicted molar refractivity (Wildman–Crippen MR) is 179 cm³/mol. The van der Waals surface area contributed by atoms with Gasteiger partial charge in [0.1, 0.15) is 52.0 Å². The third-order valence-corrected chi connectivity index (χ3v) is 9.42. The summed E-state index contributed by atoms with van der Waals surface area (Å²) in [6.07, 6.45) is -2.11. The van der Waals surface area contributed by atoms with Crippen molar-refractivity contribution in [3.8, 4) is 22.8 Å². The number of ether oxygens (including phenoxy) is 2. The number of benzene rings is 3. The molecule has 2 amide bonds. The van der Waals surface area contributed by atoms with Crippen LogP contribution in [-0.4, -0.2) is 46.1 Å². The van der Waals surface area contributed by atoms with E-state index in [1.165, 1.54) is 37.4 Å². The molecule has 3 aromatic carbocycles. The number of nitrogens with one attached hydrogen (secondary N) is 1. The molecule has 9 nitrogen and oxygen atoms in total. The average molecular weight is 739 g/mol. The van der Waals surface area contributed by atoms with Crippen LogP contribution in [-0.2, 0) is 22.0 Å². The van der Waals surface area contributed by atoms with Gasteiger partial charge in [-0.3, -0.25) is 14.6 Å². The Balaban J connectivity index is 1.36. The number of hydrogen-bond acceptors (Lipinski definition) is 7. The lowest BCUT2D eigenvalue weighted by molar-refractivity contribution is -0.140. The Morgan fingerprint density at radius 2 is 1.81 bits per heavy atom. The molecule has 3 heterocycles. The molecule has 7 rings (SSSR count). The van der Waals surface area contributed by atoms with Crippen molar-refractivity contribution in [1.82, 2.24) is 15.3 Å². The highest BCUT2D eigenvalue weighted by atomic mass is 35.5. The number of nitrogens with zero attached hydrogens (tertiary/aromatic N) is 2. The van der Waals surface area contributed by atoms with E-state index in [1.807, 2.05) is 0 Å². The Morgan fingerprint density at radius 1 is 1.08 bits per heavy atom. The summed E-state index contributed by atoms with van der Waals surface area (Å²) in [6.45, 7) is 0.430. The second-order valence-corrected chi connectivity index (χ2v) is 13.4. The van der Waals surface area contributed by atoms with Crippen LogP contribution in [0.5, 0.6) is 11.5 Å². The fourth-order valence-electron chi connectivity index (χ4n) is 6.07. The second-order valence-electron chi connectivity index (χ2n) is 13.0. The second kappa shape index (κ2) is 12.7. The quantitative estimate of drug-likeness (QED) is 0.145. The third-order valence-electron chi connectivity index (χ3n) is 9.21. The molecular formula is C37H28ClF5N4O5. The van der Waals surface area contributed by atoms with Crippen molar-refractivity contribution in [3.05, 3.63) is 118 Å². The van der Waals surface area contributed by atoms with E-state index >= 15 is 4.39 Å². The zero-order valence-electron chi connectivity index (χ0n) is 27.2. The zero-order valence-corrected chi connectivity index (χ0v) is 27.9. The van der Waals surface area contributed by atoms with Crippen LogP contribution >= 0.6 is 11.6 Å². The monoisotopic (exact) mass is 738 g/mol. The van der Waals surface area contributed by atoms with Gasteiger partial charge in [0.15, 0.2) is 0 Å². The minimum atomic E-state index is -5.21. The first-order chi connectivity index (χ1) is 24.6. The summed E-state index contributed by atoms with van der Waals surface area (Å²) in [5, 5.41) is 16.1. The Hall–Kier alpha value is -5.34. The number of hydrogen-bond donors (Lipinski definition) is 3. The molecule has 1 aliphatic heterocycles. The number of rotatable bonds is 9. The number of carbonyl (C=O) groups excluding carboxylic acids is 2. The van der Waals surface area contributed by atoms with Crippen LogP contribution in [0, 0.1) is 11.6 Å². The van der Waals surface area contributed by atoms with E-state index in [4.69, 9.17) is 26.8 Å². The smallest absolute Gasteiger partial charge is 0.419 e. The van der Waals surface area contributed by atoms with Crippen LogP contribution in [0.2, 0.25) is 5.02 Å². The molecule has 268 valence electrons. The van der Waals surface area contributed by atoms with Gasteiger partial charge in [-0.15, -0.1) is 0 Å². The van der Waals surface area contributed by atoms with Crippen molar-refractivity contribution in [2.45, 2.75) is 43.1 Å². The maximum atomic E-state index is 15.4. The minimum Gasteiger partial charge on any atom is -0.489 e. The van der Waals surface area contributed by atoms with Gasteiger partial charge < -0.3 is 25.6 Å². The van der Waals surface area contributed by atoms with Gasteiger partial charge in [0.05, 0.1) is 28.9 Å². The first-order valence-corrected chi connectivity index (χ1v) is 16.3. The number of halogens is 6. The maximum Gasteiger partial charge on any atom is 0.419 e. The van der Waals surface area contributed by atoms with Gasteiger partial charge in [-0.25, -0.2) is 13.8 Å². The lowest BCUT2D eigenvalue weighted by atomic mass is 9.80. The van der Waals surface area contributed by atoms with Gasteiger partial charge in [-0.1, -0.05) is 41.9 Å². The summed E-state index contributed by atoms with van der Waals surface area (Å²) < 4.78 is 83.0. The maximum absolute atomic E-state index is 15.4. The van der Waals surface area contributed by atoms with Crippen molar-refractivity contribution < 1.29 is 46.1 Å². The standard InChI is InChI=1S/C37H28ClF5N4O5/c1-35(34(44)49)17-51-32-25(35)13-29(47-31(32)23-12-24(37(41,42)43)27(40)14-26(23)39)36(50,20-5-3-2-4-6-20)16-46-33(48)19-9-18-10-21(38)15-45-30(18)28(11-19)52-22-7-8-22/h2-6,9-15,22,50H,7-8,16-17H2,1H3,(H2,44,49)(H,46,48)/t35-,36+/m0/s1. The van der Waals surface area contributed by atoms with Crippen LogP contribution in [0.1, 0.15) is 52.5 Å². The molecule has 4 N–H and O–H groups in total. The molecule has 2 aromatic heterocycles. The van der Waals surface area contributed by atoms with E-state index in [9.17, 15) is 32.3 Å². The molecule has 2 aliphatic rings. The molecule has 15 heteroatoms. The lowest BCUT2D eigenvalue weighted by Crippen LogP contribution is -2.43. The highest BCUT2D eigenvalue weighted by molar-refractivity contribution is 6.31. The summed E-state index contributed by atoms with van der Waals surface area (Å²) in [4.78, 5) is 35.3. The van der Waals surface area contributed by atoms with Crippen molar-refractivity contribution in [2.75, 3.05) is 13.2 Å². The minimum absolute atomic E-state index is 0.0151. The van der Waals surface area contributed by atoms with E-state index in [0.717, 1.165) is 12.8 Å². The van der Waals surface area contributed by atoms with Gasteiger partial charge in [0.2, 0.25) is 5.91 Å². The number of pyridine rings is 2. The van der Waals surface area contributed by atoms with Gasteiger partial charge in [0, 0.05) is 34.3 Å². The van der Waals surface area contributed by atoms with Gasteiger partial charge in [-0.05, 0) is 55.7 Å². The Labute approximate surface area is 297 Å². The van der Waals surface area contributed by atoms with E-state index < -0.39 is 70.6 Å². The molecule has 0 saturated heterocycles. The molecule has 1 saturated carbocycles. The van der Waals surface area contributed by atoms with E-state index in [0.29, 0.717) is 21.7 Å². The summed E-state index contributed by atoms with van der Waals surface area (Å²) in [5.74, 6) is -4.75. The number of alkyl halides is 3. The zero-order chi connectivity index (χ0) is 37.2. The van der Waals surface area contributed by atoms with Crippen molar-refractivity contribution in [2.24, 2.45) is 5.73 Å². The molecule has 0 unspecified atom stereocenters. The first kappa shape index (κ1) is 35.1. The molecule has 2 atom stereocenters. The predicted octanol–water partition coefficient (Wildman–Crippen LogP) is 6.59. The molecule has 0 radical (unpaired) electrons. The van der Waals surface area contributed by atoms with Gasteiger partial charge in [-0.2, -0.15) is 13.2 Å². The van der Waals surface area contributed by atoms with E-state index in [-0.39, 0.29) is 46.4 Å². The van der Waals surface area contributed by atoms with Gasteiger partial charge in [0.25, 0.3) is 5.91 Å². The molecule has 1 fully saturated rings.